The van der Waals surface area contributed by atoms with Crippen LogP contribution in [-0.4, -0.2) is 35.4 Å². The average molecular weight is 393 g/mol. The zero-order valence-electron chi connectivity index (χ0n) is 18.1. The Morgan fingerprint density at radius 2 is 1.64 bits per heavy atom. The summed E-state index contributed by atoms with van der Waals surface area (Å²) in [7, 11) is 0. The molecule has 1 atom stereocenters. The lowest BCUT2D eigenvalue weighted by Gasteiger charge is -2.23. The van der Waals surface area contributed by atoms with Gasteiger partial charge in [-0.1, -0.05) is 45.0 Å². The van der Waals surface area contributed by atoms with Crippen molar-refractivity contribution < 1.29 is 19.4 Å². The van der Waals surface area contributed by atoms with Crippen LogP contribution >= 0.6 is 0 Å². The molecule has 1 unspecified atom stereocenters. The summed E-state index contributed by atoms with van der Waals surface area (Å²) in [6, 6.07) is 7.44. The van der Waals surface area contributed by atoms with Gasteiger partial charge < -0.3 is 20.5 Å². The fourth-order valence-corrected chi connectivity index (χ4v) is 2.61. The third kappa shape index (κ3) is 9.22. The van der Waals surface area contributed by atoms with Crippen molar-refractivity contribution in [2.75, 3.05) is 6.61 Å². The number of aliphatic hydroxyl groups excluding tert-OH is 1. The Balaban J connectivity index is 2.68. The molecule has 158 valence electrons. The molecule has 0 aliphatic heterocycles. The Morgan fingerprint density at radius 3 is 2.14 bits per heavy atom. The summed E-state index contributed by atoms with van der Waals surface area (Å²) in [4.78, 5) is 24.6. The predicted octanol–water partition coefficient (Wildman–Crippen LogP) is 3.66. The fraction of sp³-hybridized carbons (Fsp3) is 0.636. The Hall–Kier alpha value is -2.08. The molecule has 28 heavy (non-hydrogen) atoms. The van der Waals surface area contributed by atoms with Gasteiger partial charge in [0.15, 0.2) is 0 Å². The van der Waals surface area contributed by atoms with Gasteiger partial charge in [0.1, 0.15) is 11.6 Å². The Labute approximate surface area is 169 Å². The van der Waals surface area contributed by atoms with Crippen LogP contribution in [0.3, 0.4) is 0 Å². The zero-order chi connectivity index (χ0) is 21.4. The Morgan fingerprint density at radius 1 is 1.04 bits per heavy atom. The number of carbonyl (C=O) groups excluding carboxylic acids is 2. The van der Waals surface area contributed by atoms with Crippen LogP contribution in [0.1, 0.15) is 71.9 Å². The van der Waals surface area contributed by atoms with E-state index in [0.717, 1.165) is 5.56 Å². The maximum Gasteiger partial charge on any atom is 0.408 e. The van der Waals surface area contributed by atoms with Crippen LogP contribution in [0.25, 0.3) is 0 Å². The molecule has 0 radical (unpaired) electrons. The molecule has 6 nitrogen and oxygen atoms in total. The quantitative estimate of drug-likeness (QED) is 0.589. The molecule has 0 aliphatic rings. The highest BCUT2D eigenvalue weighted by Gasteiger charge is 2.24. The minimum Gasteiger partial charge on any atom is -0.444 e. The molecule has 0 heterocycles. The normalized spacial score (nSPS) is 13.0. The van der Waals surface area contributed by atoms with Gasteiger partial charge in [0.25, 0.3) is 0 Å². The second-order valence-electron chi connectivity index (χ2n) is 9.08. The van der Waals surface area contributed by atoms with Crippen LogP contribution in [0, 0.1) is 0 Å². The van der Waals surface area contributed by atoms with Crippen molar-refractivity contribution in [1.82, 2.24) is 10.6 Å². The van der Waals surface area contributed by atoms with Crippen molar-refractivity contribution in [3.8, 4) is 0 Å². The van der Waals surface area contributed by atoms with Crippen LogP contribution in [0.2, 0.25) is 0 Å². The lowest BCUT2D eigenvalue weighted by molar-refractivity contribution is -0.123. The van der Waals surface area contributed by atoms with Gasteiger partial charge in [-0.15, -0.1) is 0 Å². The Bertz CT molecular complexity index is 627. The van der Waals surface area contributed by atoms with Gasteiger partial charge in [0, 0.05) is 13.2 Å². The number of alkyl carbamates (subject to hydrolysis) is 1. The minimum atomic E-state index is -0.699. The first kappa shape index (κ1) is 24.0. The highest BCUT2D eigenvalue weighted by molar-refractivity contribution is 5.85. The van der Waals surface area contributed by atoms with E-state index in [4.69, 9.17) is 9.84 Å². The van der Waals surface area contributed by atoms with Crippen molar-refractivity contribution in [3.05, 3.63) is 35.4 Å². The maximum absolute atomic E-state index is 12.6. The monoisotopic (exact) mass is 392 g/mol. The van der Waals surface area contributed by atoms with E-state index in [0.29, 0.717) is 25.8 Å². The second-order valence-corrected chi connectivity index (χ2v) is 9.08. The van der Waals surface area contributed by atoms with Crippen LogP contribution in [-0.2, 0) is 21.5 Å². The summed E-state index contributed by atoms with van der Waals surface area (Å²) >= 11 is 0. The number of hydrogen-bond donors (Lipinski definition) is 3. The lowest BCUT2D eigenvalue weighted by atomic mass is 9.87. The smallest absolute Gasteiger partial charge is 0.408 e. The second kappa shape index (κ2) is 10.5. The summed E-state index contributed by atoms with van der Waals surface area (Å²) in [6.07, 6.45) is 1.03. The third-order valence-corrected chi connectivity index (χ3v) is 4.20. The van der Waals surface area contributed by atoms with Gasteiger partial charge in [-0.3, -0.25) is 4.79 Å². The van der Waals surface area contributed by atoms with Crippen molar-refractivity contribution in [3.63, 3.8) is 0 Å². The van der Waals surface area contributed by atoms with Crippen LogP contribution in [0.5, 0.6) is 0 Å². The minimum absolute atomic E-state index is 0.0565. The van der Waals surface area contributed by atoms with Gasteiger partial charge in [-0.25, -0.2) is 4.79 Å². The van der Waals surface area contributed by atoms with E-state index in [1.54, 1.807) is 20.8 Å². The molecule has 0 bridgehead atoms. The van der Waals surface area contributed by atoms with E-state index < -0.39 is 17.7 Å². The number of ether oxygens (including phenoxy) is 1. The predicted molar refractivity (Wildman–Crippen MR) is 111 cm³/mol. The summed E-state index contributed by atoms with van der Waals surface area (Å²) in [6.45, 7) is 12.2. The highest BCUT2D eigenvalue weighted by Crippen LogP contribution is 2.22. The van der Waals surface area contributed by atoms with Crippen LogP contribution < -0.4 is 10.6 Å². The van der Waals surface area contributed by atoms with Gasteiger partial charge in [-0.2, -0.15) is 0 Å². The molecule has 0 aliphatic carbocycles. The zero-order valence-corrected chi connectivity index (χ0v) is 18.1. The molecule has 0 saturated heterocycles. The van der Waals surface area contributed by atoms with Crippen molar-refractivity contribution >= 4 is 12.0 Å². The molecule has 1 aromatic rings. The molecule has 0 spiro atoms. The first-order valence-electron chi connectivity index (χ1n) is 9.90. The van der Waals surface area contributed by atoms with E-state index in [1.807, 2.05) is 12.1 Å². The number of aliphatic hydroxyl groups is 1. The van der Waals surface area contributed by atoms with E-state index in [1.165, 1.54) is 5.56 Å². The van der Waals surface area contributed by atoms with E-state index in [9.17, 15) is 9.59 Å². The number of unbranched alkanes of at least 4 members (excludes halogenated alkanes) is 1. The molecule has 1 aromatic carbocycles. The molecule has 6 heteroatoms. The molecule has 0 saturated carbocycles. The first-order valence-corrected chi connectivity index (χ1v) is 9.90. The third-order valence-electron chi connectivity index (χ3n) is 4.20. The molecule has 2 amide bonds. The number of nitrogens with one attached hydrogen (secondary N) is 2. The van der Waals surface area contributed by atoms with Crippen molar-refractivity contribution in [1.29, 1.82) is 0 Å². The molecular formula is C22H36N2O4. The standard InChI is InChI=1S/C22H36N2O4/c1-21(2,3)17-12-10-16(11-13-17)15-23-19(26)18(9-7-8-14-25)24-20(27)28-22(4,5)6/h10-13,18,25H,7-9,14-15H2,1-6H3,(H,23,26)(H,24,27). The maximum atomic E-state index is 12.6. The number of rotatable bonds is 8. The average Bonchev–Trinajstić information content (AvgIpc) is 2.57. The molecule has 0 aromatic heterocycles. The molecule has 1 rings (SSSR count). The van der Waals surface area contributed by atoms with Gasteiger partial charge in [0.05, 0.1) is 0 Å². The summed E-state index contributed by atoms with van der Waals surface area (Å²) < 4.78 is 5.25. The number of benzene rings is 1. The van der Waals surface area contributed by atoms with E-state index in [-0.39, 0.29) is 17.9 Å². The summed E-state index contributed by atoms with van der Waals surface area (Å²) in [5.41, 5.74) is 1.67. The number of carbonyl (C=O) groups is 2. The lowest BCUT2D eigenvalue weighted by Crippen LogP contribution is -2.48. The molecular weight excluding hydrogens is 356 g/mol. The van der Waals surface area contributed by atoms with Crippen molar-refractivity contribution in [2.45, 2.75) is 84.4 Å². The topological polar surface area (TPSA) is 87.7 Å². The fourth-order valence-electron chi connectivity index (χ4n) is 2.61. The largest absolute Gasteiger partial charge is 0.444 e. The Kier molecular flexibility index (Phi) is 8.95. The van der Waals surface area contributed by atoms with Crippen LogP contribution in [0.15, 0.2) is 24.3 Å². The van der Waals surface area contributed by atoms with E-state index in [2.05, 4.69) is 43.5 Å². The van der Waals surface area contributed by atoms with Gasteiger partial charge >= 0.3 is 6.09 Å². The highest BCUT2D eigenvalue weighted by atomic mass is 16.6. The van der Waals surface area contributed by atoms with Crippen molar-refractivity contribution in [2.24, 2.45) is 0 Å². The van der Waals surface area contributed by atoms with E-state index >= 15 is 0 Å². The summed E-state index contributed by atoms with van der Waals surface area (Å²) in [5, 5.41) is 14.5. The SMILES string of the molecule is CC(C)(C)OC(=O)NC(CCCCO)C(=O)NCc1ccc(C(C)(C)C)cc1. The molecule has 0 fully saturated rings. The number of amides is 2. The molecule has 3 N–H and O–H groups in total. The first-order chi connectivity index (χ1) is 12.9. The van der Waals surface area contributed by atoms with Gasteiger partial charge in [0.2, 0.25) is 5.91 Å². The number of hydrogen-bond acceptors (Lipinski definition) is 4. The summed E-state index contributed by atoms with van der Waals surface area (Å²) in [5.74, 6) is -0.260. The van der Waals surface area contributed by atoms with Gasteiger partial charge in [-0.05, 0) is 56.6 Å². The van der Waals surface area contributed by atoms with Crippen LogP contribution in [0.4, 0.5) is 4.79 Å².